The molecule has 2 unspecified atom stereocenters. The van der Waals surface area contributed by atoms with E-state index in [-0.39, 0.29) is 12.0 Å². The molecule has 0 aromatic carbocycles. The topological polar surface area (TPSA) is 37.3 Å². The van der Waals surface area contributed by atoms with Gasteiger partial charge in [0.25, 0.3) is 0 Å². The van der Waals surface area contributed by atoms with Gasteiger partial charge in [-0.15, -0.1) is 0 Å². The fourth-order valence-electron chi connectivity index (χ4n) is 2.08. The van der Waals surface area contributed by atoms with E-state index in [4.69, 9.17) is 5.11 Å². The van der Waals surface area contributed by atoms with Crippen LogP contribution < -0.4 is 0 Å². The maximum atomic E-state index is 10.8. The molecule has 0 spiro atoms. The van der Waals surface area contributed by atoms with Crippen molar-refractivity contribution in [2.45, 2.75) is 32.6 Å². The van der Waals surface area contributed by atoms with Gasteiger partial charge in [-0.1, -0.05) is 13.3 Å². The van der Waals surface area contributed by atoms with Crippen molar-refractivity contribution in [1.82, 2.24) is 0 Å². The van der Waals surface area contributed by atoms with Crippen LogP contribution in [-0.4, -0.2) is 18.0 Å². The Morgan fingerprint density at radius 2 is 2.45 bits per heavy atom. The van der Waals surface area contributed by atoms with Gasteiger partial charge in [0.05, 0.1) is 0 Å². The van der Waals surface area contributed by atoms with Crippen molar-refractivity contribution < 1.29 is 9.90 Å². The van der Waals surface area contributed by atoms with Gasteiger partial charge in [-0.2, -0.15) is 0 Å². The van der Waals surface area contributed by atoms with E-state index in [2.05, 4.69) is 6.92 Å². The van der Waals surface area contributed by atoms with E-state index in [1.54, 1.807) is 0 Å². The predicted octanol–water partition coefficient (Wildman–Crippen LogP) is 1.37. The maximum absolute atomic E-state index is 10.8. The van der Waals surface area contributed by atoms with Crippen LogP contribution in [0.2, 0.25) is 0 Å². The van der Waals surface area contributed by atoms with Gasteiger partial charge >= 0.3 is 0 Å². The number of carbonyl (C=O) groups excluding carboxylic acids is 1. The number of carbonyl (C=O) groups is 1. The number of rotatable bonds is 3. The van der Waals surface area contributed by atoms with E-state index in [1.807, 2.05) is 0 Å². The molecule has 0 aliphatic heterocycles. The largest absolute Gasteiger partial charge is 0.396 e. The van der Waals surface area contributed by atoms with Gasteiger partial charge in [0.1, 0.15) is 6.29 Å². The fraction of sp³-hybridized carbons (Fsp3) is 0.889. The van der Waals surface area contributed by atoms with E-state index in [9.17, 15) is 4.79 Å². The lowest BCUT2D eigenvalue weighted by atomic mass is 9.78. The Morgan fingerprint density at radius 3 is 2.82 bits per heavy atom. The Balaban J connectivity index is 2.65. The lowest BCUT2D eigenvalue weighted by Crippen LogP contribution is -2.26. The van der Waals surface area contributed by atoms with E-state index < -0.39 is 0 Å². The van der Waals surface area contributed by atoms with Crippen molar-refractivity contribution in [3.8, 4) is 0 Å². The van der Waals surface area contributed by atoms with Crippen LogP contribution in [0.15, 0.2) is 0 Å². The average Bonchev–Trinajstić information content (AvgIpc) is 2.35. The third kappa shape index (κ3) is 1.45. The van der Waals surface area contributed by atoms with E-state index in [0.29, 0.717) is 12.3 Å². The van der Waals surface area contributed by atoms with Gasteiger partial charge in [0, 0.05) is 12.0 Å². The standard InChI is InChI=1S/C9H16O2/c1-8-3-2-4-9(8,7-11)5-6-10/h7-8,10H,2-6H2,1H3. The Hall–Kier alpha value is -0.370. The molecule has 1 fully saturated rings. The number of aliphatic hydroxyl groups excluding tert-OH is 1. The molecule has 0 radical (unpaired) electrons. The molecule has 2 atom stereocenters. The Morgan fingerprint density at radius 1 is 1.73 bits per heavy atom. The van der Waals surface area contributed by atoms with Crippen molar-refractivity contribution in [3.63, 3.8) is 0 Å². The van der Waals surface area contributed by atoms with Gasteiger partial charge in [-0.25, -0.2) is 0 Å². The predicted molar refractivity (Wildman–Crippen MR) is 43.2 cm³/mol. The van der Waals surface area contributed by atoms with Gasteiger partial charge in [0.2, 0.25) is 0 Å². The second kappa shape index (κ2) is 3.35. The highest BCUT2D eigenvalue weighted by molar-refractivity contribution is 5.60. The molecule has 0 aromatic heterocycles. The van der Waals surface area contributed by atoms with E-state index in [0.717, 1.165) is 25.5 Å². The molecule has 2 heteroatoms. The highest BCUT2D eigenvalue weighted by Gasteiger charge is 2.39. The summed E-state index contributed by atoms with van der Waals surface area (Å²) in [4.78, 5) is 10.8. The van der Waals surface area contributed by atoms with Crippen LogP contribution in [0.4, 0.5) is 0 Å². The summed E-state index contributed by atoms with van der Waals surface area (Å²) in [6.45, 7) is 2.25. The lowest BCUT2D eigenvalue weighted by molar-refractivity contribution is -0.118. The first-order chi connectivity index (χ1) is 5.25. The second-order valence-electron chi connectivity index (χ2n) is 3.62. The van der Waals surface area contributed by atoms with Crippen molar-refractivity contribution >= 4 is 6.29 Å². The molecule has 1 N–H and O–H groups in total. The summed E-state index contributed by atoms with van der Waals surface area (Å²) in [7, 11) is 0. The molecule has 1 aliphatic carbocycles. The lowest BCUT2D eigenvalue weighted by Gasteiger charge is -2.26. The zero-order valence-electron chi connectivity index (χ0n) is 7.05. The fourth-order valence-corrected chi connectivity index (χ4v) is 2.08. The van der Waals surface area contributed by atoms with Crippen LogP contribution in [0.1, 0.15) is 32.6 Å². The maximum Gasteiger partial charge on any atom is 0.126 e. The van der Waals surface area contributed by atoms with Crippen molar-refractivity contribution in [1.29, 1.82) is 0 Å². The summed E-state index contributed by atoms with van der Waals surface area (Å²) in [6, 6.07) is 0. The monoisotopic (exact) mass is 156 g/mol. The average molecular weight is 156 g/mol. The molecule has 11 heavy (non-hydrogen) atoms. The third-order valence-corrected chi connectivity index (χ3v) is 3.07. The molecule has 2 nitrogen and oxygen atoms in total. The first-order valence-corrected chi connectivity index (χ1v) is 4.32. The van der Waals surface area contributed by atoms with Gasteiger partial charge in [-0.3, -0.25) is 0 Å². The van der Waals surface area contributed by atoms with Crippen LogP contribution in [0, 0.1) is 11.3 Å². The van der Waals surface area contributed by atoms with Crippen molar-refractivity contribution in [2.75, 3.05) is 6.61 Å². The molecular formula is C9H16O2. The van der Waals surface area contributed by atoms with E-state index >= 15 is 0 Å². The molecule has 0 aromatic rings. The van der Waals surface area contributed by atoms with Crippen molar-refractivity contribution in [2.24, 2.45) is 11.3 Å². The smallest absolute Gasteiger partial charge is 0.126 e. The number of aliphatic hydroxyl groups is 1. The third-order valence-electron chi connectivity index (χ3n) is 3.07. The van der Waals surface area contributed by atoms with Crippen LogP contribution >= 0.6 is 0 Å². The zero-order valence-corrected chi connectivity index (χ0v) is 7.05. The van der Waals surface area contributed by atoms with Crippen molar-refractivity contribution in [3.05, 3.63) is 0 Å². The molecule has 1 rings (SSSR count). The molecule has 0 saturated heterocycles. The van der Waals surface area contributed by atoms with Gasteiger partial charge in [-0.05, 0) is 25.2 Å². The Bertz CT molecular complexity index is 144. The molecule has 1 saturated carbocycles. The number of hydrogen-bond donors (Lipinski definition) is 1. The molecule has 0 bridgehead atoms. The minimum atomic E-state index is -0.186. The summed E-state index contributed by atoms with van der Waals surface area (Å²) in [6.07, 6.45) is 4.95. The van der Waals surface area contributed by atoms with Crippen LogP contribution in [0.5, 0.6) is 0 Å². The minimum absolute atomic E-state index is 0.142. The second-order valence-corrected chi connectivity index (χ2v) is 3.62. The quantitative estimate of drug-likeness (QED) is 0.627. The summed E-state index contributed by atoms with van der Waals surface area (Å²) in [5.74, 6) is 0.465. The summed E-state index contributed by atoms with van der Waals surface area (Å²) in [5, 5.41) is 8.78. The minimum Gasteiger partial charge on any atom is -0.396 e. The summed E-state index contributed by atoms with van der Waals surface area (Å²) >= 11 is 0. The Labute approximate surface area is 67.6 Å². The van der Waals surface area contributed by atoms with Crippen LogP contribution in [-0.2, 0) is 4.79 Å². The number of aldehydes is 1. The van der Waals surface area contributed by atoms with E-state index in [1.165, 1.54) is 0 Å². The zero-order chi connectivity index (χ0) is 8.32. The van der Waals surface area contributed by atoms with Gasteiger partial charge < -0.3 is 9.90 Å². The normalized spacial score (nSPS) is 37.5. The molecular weight excluding hydrogens is 140 g/mol. The first-order valence-electron chi connectivity index (χ1n) is 4.32. The Kier molecular flexibility index (Phi) is 2.66. The summed E-state index contributed by atoms with van der Waals surface area (Å²) < 4.78 is 0. The molecule has 1 aliphatic rings. The highest BCUT2D eigenvalue weighted by Crippen LogP contribution is 2.43. The van der Waals surface area contributed by atoms with Gasteiger partial charge in [0.15, 0.2) is 0 Å². The number of hydrogen-bond acceptors (Lipinski definition) is 2. The SMILES string of the molecule is CC1CCCC1(C=O)CCO. The first kappa shape index (κ1) is 8.72. The molecule has 0 heterocycles. The summed E-state index contributed by atoms with van der Waals surface area (Å²) in [5.41, 5.74) is -0.186. The highest BCUT2D eigenvalue weighted by atomic mass is 16.3. The van der Waals surface area contributed by atoms with Crippen LogP contribution in [0.25, 0.3) is 0 Å². The molecule has 0 amide bonds. The molecule has 64 valence electrons. The van der Waals surface area contributed by atoms with Crippen LogP contribution in [0.3, 0.4) is 0 Å².